The van der Waals surface area contributed by atoms with Gasteiger partial charge in [0.05, 0.1) is 6.54 Å². The zero-order chi connectivity index (χ0) is 18.7. The fourth-order valence-corrected chi connectivity index (χ4v) is 1.83. The number of benzene rings is 1. The van der Waals surface area contributed by atoms with Gasteiger partial charge in [0.25, 0.3) is 0 Å². The van der Waals surface area contributed by atoms with E-state index in [0.29, 0.717) is 11.5 Å². The zero-order valence-corrected chi connectivity index (χ0v) is 14.5. The highest BCUT2D eigenvalue weighted by atomic mass is 19.1. The quantitative estimate of drug-likeness (QED) is 0.461. The van der Waals surface area contributed by atoms with Gasteiger partial charge in [-0.2, -0.15) is 5.10 Å². The first-order valence-electron chi connectivity index (χ1n) is 7.55. The summed E-state index contributed by atoms with van der Waals surface area (Å²) >= 11 is 0. The zero-order valence-electron chi connectivity index (χ0n) is 14.5. The summed E-state index contributed by atoms with van der Waals surface area (Å²) in [5.41, 5.74) is -0.597. The predicted molar refractivity (Wildman–Crippen MR) is 91.9 cm³/mol. The van der Waals surface area contributed by atoms with Crippen molar-refractivity contribution in [2.45, 2.75) is 40.2 Å². The minimum Gasteiger partial charge on any atom is -0.477 e. The lowest BCUT2D eigenvalue weighted by Crippen LogP contribution is -2.13. The number of hydrogen-bond acceptors (Lipinski definition) is 3. The van der Waals surface area contributed by atoms with Gasteiger partial charge in [-0.25, -0.2) is 13.6 Å². The van der Waals surface area contributed by atoms with E-state index in [0.717, 1.165) is 25.0 Å². The molecule has 0 heterocycles. The van der Waals surface area contributed by atoms with Gasteiger partial charge in [-0.15, -0.1) is 12.3 Å². The number of carboxylic acid groups (broad SMARTS) is 1. The minimum absolute atomic E-state index is 0.200. The van der Waals surface area contributed by atoms with Crippen LogP contribution in [-0.4, -0.2) is 29.3 Å². The Kier molecular flexibility index (Phi) is 10.0. The number of halogens is 2. The van der Waals surface area contributed by atoms with Crippen molar-refractivity contribution in [3.05, 3.63) is 34.9 Å². The number of hydrazone groups is 1. The SMILES string of the molecule is C#CC.CC(C)CC/C=N\N(C)Cc1cc(F)c(C(=O)O)c(F)c1. The molecule has 132 valence electrons. The number of carbonyl (C=O) groups is 1. The molecule has 0 fully saturated rings. The molecule has 0 unspecified atom stereocenters. The third kappa shape index (κ3) is 8.28. The number of aromatic carboxylic acids is 1. The summed E-state index contributed by atoms with van der Waals surface area (Å²) in [6.07, 6.45) is 8.22. The molecule has 0 radical (unpaired) electrons. The molecular weight excluding hydrogens is 314 g/mol. The average Bonchev–Trinajstić information content (AvgIpc) is 2.43. The second-order valence-corrected chi connectivity index (χ2v) is 5.61. The highest BCUT2D eigenvalue weighted by Crippen LogP contribution is 2.16. The molecule has 24 heavy (non-hydrogen) atoms. The Morgan fingerprint density at radius 3 is 2.33 bits per heavy atom. The average molecular weight is 338 g/mol. The second-order valence-electron chi connectivity index (χ2n) is 5.61. The Labute approximate surface area is 142 Å². The van der Waals surface area contributed by atoms with E-state index in [1.54, 1.807) is 25.2 Å². The standard InChI is InChI=1S/C15H20F2N2O2.C3H4/c1-10(2)5-4-6-18-19(3)9-11-7-12(16)14(15(20)21)13(17)8-11;1-3-2/h6-8,10H,4-5,9H2,1-3H3,(H,20,21);1H,2H3/b18-6-;. The molecule has 1 aromatic carbocycles. The Morgan fingerprint density at radius 1 is 1.42 bits per heavy atom. The van der Waals surface area contributed by atoms with Crippen molar-refractivity contribution in [1.82, 2.24) is 5.01 Å². The fraction of sp³-hybridized carbons (Fsp3) is 0.444. The highest BCUT2D eigenvalue weighted by Gasteiger charge is 2.17. The van der Waals surface area contributed by atoms with Crippen molar-refractivity contribution in [3.8, 4) is 12.3 Å². The Morgan fingerprint density at radius 2 is 1.92 bits per heavy atom. The maximum atomic E-state index is 13.5. The van der Waals surface area contributed by atoms with Crippen LogP contribution in [0, 0.1) is 29.9 Å². The van der Waals surface area contributed by atoms with Crippen LogP contribution in [0.4, 0.5) is 8.78 Å². The van der Waals surface area contributed by atoms with E-state index >= 15 is 0 Å². The number of nitrogens with zero attached hydrogens (tertiary/aromatic N) is 2. The molecule has 1 aromatic rings. The summed E-state index contributed by atoms with van der Waals surface area (Å²) in [6.45, 7) is 6.09. The van der Waals surface area contributed by atoms with E-state index in [-0.39, 0.29) is 6.54 Å². The van der Waals surface area contributed by atoms with Crippen LogP contribution in [0.25, 0.3) is 0 Å². The van der Waals surface area contributed by atoms with Gasteiger partial charge in [0.2, 0.25) is 0 Å². The first kappa shape index (κ1) is 21.6. The van der Waals surface area contributed by atoms with Gasteiger partial charge in [-0.1, -0.05) is 13.8 Å². The van der Waals surface area contributed by atoms with Gasteiger partial charge in [0, 0.05) is 13.3 Å². The normalized spacial score (nSPS) is 10.2. The minimum atomic E-state index is -1.61. The topological polar surface area (TPSA) is 52.9 Å². The number of carboxylic acids is 1. The molecule has 0 spiro atoms. The van der Waals surface area contributed by atoms with Crippen LogP contribution in [0.5, 0.6) is 0 Å². The van der Waals surface area contributed by atoms with Gasteiger partial charge in [-0.05, 0) is 43.4 Å². The Bertz CT molecular complexity index is 585. The maximum absolute atomic E-state index is 13.5. The first-order chi connectivity index (χ1) is 11.2. The molecule has 1 rings (SSSR count). The van der Waals surface area contributed by atoms with Gasteiger partial charge in [0.15, 0.2) is 0 Å². The first-order valence-corrected chi connectivity index (χ1v) is 7.55. The van der Waals surface area contributed by atoms with Crippen LogP contribution in [0.15, 0.2) is 17.2 Å². The van der Waals surface area contributed by atoms with Crippen molar-refractivity contribution in [3.63, 3.8) is 0 Å². The summed E-state index contributed by atoms with van der Waals surface area (Å²) in [5.74, 6) is -0.922. The molecule has 0 atom stereocenters. The molecule has 0 saturated carbocycles. The lowest BCUT2D eigenvalue weighted by atomic mass is 10.1. The number of terminal acetylenes is 1. The third-order valence-electron chi connectivity index (χ3n) is 2.88. The third-order valence-corrected chi connectivity index (χ3v) is 2.88. The molecule has 0 aliphatic heterocycles. The van der Waals surface area contributed by atoms with Crippen LogP contribution in [-0.2, 0) is 6.54 Å². The largest absolute Gasteiger partial charge is 0.477 e. The smallest absolute Gasteiger partial charge is 0.341 e. The summed E-state index contributed by atoms with van der Waals surface area (Å²) in [4.78, 5) is 10.7. The molecule has 0 amide bonds. The van der Waals surface area contributed by atoms with Crippen molar-refractivity contribution >= 4 is 12.2 Å². The number of hydrogen-bond donors (Lipinski definition) is 1. The van der Waals surface area contributed by atoms with Crippen LogP contribution < -0.4 is 0 Å². The van der Waals surface area contributed by atoms with E-state index in [2.05, 4.69) is 31.3 Å². The predicted octanol–water partition coefficient (Wildman–Crippen LogP) is 4.16. The van der Waals surface area contributed by atoms with E-state index < -0.39 is 23.2 Å². The molecule has 0 aromatic heterocycles. The van der Waals surface area contributed by atoms with Crippen molar-refractivity contribution in [1.29, 1.82) is 0 Å². The monoisotopic (exact) mass is 338 g/mol. The number of rotatable bonds is 7. The molecule has 0 aliphatic carbocycles. The van der Waals surface area contributed by atoms with E-state index in [1.165, 1.54) is 0 Å². The van der Waals surface area contributed by atoms with Crippen LogP contribution in [0.1, 0.15) is 49.5 Å². The molecule has 0 saturated heterocycles. The summed E-state index contributed by atoms with van der Waals surface area (Å²) in [7, 11) is 1.69. The van der Waals surface area contributed by atoms with Crippen molar-refractivity contribution in [2.24, 2.45) is 11.0 Å². The molecule has 4 nitrogen and oxygen atoms in total. The van der Waals surface area contributed by atoms with Crippen molar-refractivity contribution < 1.29 is 18.7 Å². The van der Waals surface area contributed by atoms with E-state index in [9.17, 15) is 13.6 Å². The van der Waals surface area contributed by atoms with Crippen LogP contribution in [0.2, 0.25) is 0 Å². The van der Waals surface area contributed by atoms with Crippen molar-refractivity contribution in [2.75, 3.05) is 7.05 Å². The Balaban J connectivity index is 0.00000163. The fourth-order valence-electron chi connectivity index (χ4n) is 1.83. The molecule has 0 aliphatic rings. The van der Waals surface area contributed by atoms with Gasteiger partial charge in [0.1, 0.15) is 17.2 Å². The summed E-state index contributed by atoms with van der Waals surface area (Å²) in [5, 5.41) is 14.4. The molecular formula is C18H24F2N2O2. The molecule has 1 N–H and O–H groups in total. The Hall–Kier alpha value is -2.42. The van der Waals surface area contributed by atoms with Gasteiger partial charge >= 0.3 is 5.97 Å². The molecule has 0 bridgehead atoms. The summed E-state index contributed by atoms with van der Waals surface area (Å²) < 4.78 is 27.1. The van der Waals surface area contributed by atoms with Gasteiger partial charge < -0.3 is 5.11 Å². The van der Waals surface area contributed by atoms with Gasteiger partial charge in [-0.3, -0.25) is 5.01 Å². The van der Waals surface area contributed by atoms with E-state index in [4.69, 9.17) is 5.11 Å². The highest BCUT2D eigenvalue weighted by molar-refractivity contribution is 5.88. The second kappa shape index (κ2) is 11.2. The maximum Gasteiger partial charge on any atom is 0.341 e. The summed E-state index contributed by atoms with van der Waals surface area (Å²) in [6, 6.07) is 2.04. The lowest BCUT2D eigenvalue weighted by molar-refractivity contribution is 0.0686. The van der Waals surface area contributed by atoms with Crippen LogP contribution in [0.3, 0.4) is 0 Å². The lowest BCUT2D eigenvalue weighted by Gasteiger charge is -2.13. The molecule has 6 heteroatoms. The van der Waals surface area contributed by atoms with E-state index in [1.807, 2.05) is 0 Å². The van der Waals surface area contributed by atoms with Crippen LogP contribution >= 0.6 is 0 Å².